The molecule has 0 aliphatic rings. The first-order valence-electron chi connectivity index (χ1n) is 5.69. The minimum Gasteiger partial charge on any atom is -0.493 e. The molecule has 0 aliphatic heterocycles. The first-order valence-corrected chi connectivity index (χ1v) is 6.07. The van der Waals surface area contributed by atoms with Crippen molar-refractivity contribution in [1.82, 2.24) is 10.2 Å². The molecule has 0 fully saturated rings. The third-order valence-corrected chi connectivity index (χ3v) is 3.22. The highest BCUT2D eigenvalue weighted by Gasteiger charge is 2.20. The lowest BCUT2D eigenvalue weighted by molar-refractivity contribution is 0.0690. The second-order valence-electron chi connectivity index (χ2n) is 4.07. The zero-order valence-corrected chi connectivity index (χ0v) is 11.9. The molecule has 0 aliphatic carbocycles. The smallest absolute Gasteiger partial charge is 0.353 e. The quantitative estimate of drug-likeness (QED) is 0.906. The lowest BCUT2D eigenvalue weighted by Crippen LogP contribution is -1.96. The Morgan fingerprint density at radius 1 is 1.35 bits per heavy atom. The second-order valence-corrected chi connectivity index (χ2v) is 4.47. The number of rotatable bonds is 4. The monoisotopic (exact) mass is 296 g/mol. The average molecular weight is 297 g/mol. The minimum absolute atomic E-state index is 0.00903. The molecule has 2 N–H and O–H groups in total. The highest BCUT2D eigenvalue weighted by Crippen LogP contribution is 2.42. The molecular formula is C13H13ClN2O4. The highest BCUT2D eigenvalue weighted by atomic mass is 35.5. The van der Waals surface area contributed by atoms with Crippen LogP contribution in [0.25, 0.3) is 11.3 Å². The molecule has 0 bridgehead atoms. The summed E-state index contributed by atoms with van der Waals surface area (Å²) in [7, 11) is 3.04. The Hall–Kier alpha value is -2.21. The largest absolute Gasteiger partial charge is 0.493 e. The predicted octanol–water partition coefficient (Wildman–Crippen LogP) is 2.75. The van der Waals surface area contributed by atoms with Gasteiger partial charge in [-0.15, -0.1) is 0 Å². The van der Waals surface area contributed by atoms with Crippen molar-refractivity contribution in [3.05, 3.63) is 28.4 Å². The van der Waals surface area contributed by atoms with Gasteiger partial charge in [0.2, 0.25) is 0 Å². The Morgan fingerprint density at radius 2 is 2.05 bits per heavy atom. The van der Waals surface area contributed by atoms with Crippen LogP contribution in [0.2, 0.25) is 5.02 Å². The summed E-state index contributed by atoms with van der Waals surface area (Å²) >= 11 is 6.23. The lowest BCUT2D eigenvalue weighted by atomic mass is 10.0. The van der Waals surface area contributed by atoms with E-state index < -0.39 is 5.97 Å². The van der Waals surface area contributed by atoms with Gasteiger partial charge in [-0.25, -0.2) is 4.79 Å². The molecule has 20 heavy (non-hydrogen) atoms. The van der Waals surface area contributed by atoms with Gasteiger partial charge in [-0.3, -0.25) is 5.10 Å². The van der Waals surface area contributed by atoms with Crippen LogP contribution in [0.4, 0.5) is 0 Å². The summed E-state index contributed by atoms with van der Waals surface area (Å²) in [6.07, 6.45) is 0. The molecule has 6 nitrogen and oxygen atoms in total. The fraction of sp³-hybridized carbons (Fsp3) is 0.231. The van der Waals surface area contributed by atoms with Gasteiger partial charge in [0.25, 0.3) is 0 Å². The molecule has 1 aromatic carbocycles. The fourth-order valence-corrected chi connectivity index (χ4v) is 2.35. The number of hydrogen-bond donors (Lipinski definition) is 2. The van der Waals surface area contributed by atoms with E-state index in [1.54, 1.807) is 13.0 Å². The number of carboxylic acid groups (broad SMARTS) is 1. The van der Waals surface area contributed by atoms with E-state index in [2.05, 4.69) is 10.2 Å². The van der Waals surface area contributed by atoms with E-state index in [0.29, 0.717) is 27.8 Å². The van der Waals surface area contributed by atoms with Gasteiger partial charge >= 0.3 is 5.97 Å². The summed E-state index contributed by atoms with van der Waals surface area (Å²) in [6.45, 7) is 1.80. The predicted molar refractivity (Wildman–Crippen MR) is 73.8 cm³/mol. The number of hydrogen-bond acceptors (Lipinski definition) is 4. The zero-order valence-electron chi connectivity index (χ0n) is 11.2. The molecule has 2 aromatic rings. The van der Waals surface area contributed by atoms with Crippen LogP contribution in [-0.2, 0) is 0 Å². The molecular weight excluding hydrogens is 284 g/mol. The van der Waals surface area contributed by atoms with Crippen molar-refractivity contribution in [2.45, 2.75) is 6.92 Å². The van der Waals surface area contributed by atoms with Crippen molar-refractivity contribution in [3.63, 3.8) is 0 Å². The summed E-state index contributed by atoms with van der Waals surface area (Å²) in [4.78, 5) is 10.9. The van der Waals surface area contributed by atoms with Crippen molar-refractivity contribution in [2.24, 2.45) is 0 Å². The van der Waals surface area contributed by atoms with E-state index in [1.807, 2.05) is 0 Å². The van der Waals surface area contributed by atoms with Crippen molar-refractivity contribution in [3.8, 4) is 22.8 Å². The number of H-pyrrole nitrogens is 1. The molecule has 0 amide bonds. The van der Waals surface area contributed by atoms with Crippen molar-refractivity contribution >= 4 is 17.6 Å². The van der Waals surface area contributed by atoms with E-state index >= 15 is 0 Å². The van der Waals surface area contributed by atoms with Gasteiger partial charge in [-0.1, -0.05) is 11.6 Å². The number of benzene rings is 1. The van der Waals surface area contributed by atoms with Gasteiger partial charge in [0.15, 0.2) is 11.5 Å². The SMILES string of the molecule is COc1cc(Cl)c(-c2cc(C(=O)O)[nH]n2)c(C)c1OC. The van der Waals surface area contributed by atoms with Crippen LogP contribution in [0.3, 0.4) is 0 Å². The minimum atomic E-state index is -1.09. The Morgan fingerprint density at radius 3 is 2.55 bits per heavy atom. The number of aromatic nitrogens is 2. The molecule has 0 saturated carbocycles. The molecule has 0 saturated heterocycles. The number of carbonyl (C=O) groups is 1. The molecule has 0 radical (unpaired) electrons. The number of ether oxygens (including phenoxy) is 2. The maximum Gasteiger partial charge on any atom is 0.353 e. The Labute approximate surface area is 120 Å². The Bertz CT molecular complexity index is 667. The number of methoxy groups -OCH3 is 2. The second kappa shape index (κ2) is 5.42. The number of nitrogens with one attached hydrogen (secondary N) is 1. The summed E-state index contributed by atoms with van der Waals surface area (Å²) in [5, 5.41) is 15.7. The van der Waals surface area contributed by atoms with Crippen LogP contribution in [0.5, 0.6) is 11.5 Å². The number of nitrogens with zero attached hydrogens (tertiary/aromatic N) is 1. The van der Waals surface area contributed by atoms with Crippen LogP contribution < -0.4 is 9.47 Å². The van der Waals surface area contributed by atoms with Crippen LogP contribution in [0.1, 0.15) is 16.1 Å². The summed E-state index contributed by atoms with van der Waals surface area (Å²) in [6, 6.07) is 3.03. The third kappa shape index (κ3) is 2.30. The van der Waals surface area contributed by atoms with Crippen molar-refractivity contribution in [1.29, 1.82) is 0 Å². The molecule has 2 rings (SSSR count). The van der Waals surface area contributed by atoms with E-state index in [-0.39, 0.29) is 5.69 Å². The molecule has 7 heteroatoms. The molecule has 0 atom stereocenters. The van der Waals surface area contributed by atoms with Gasteiger partial charge in [-0.05, 0) is 13.0 Å². The van der Waals surface area contributed by atoms with Crippen LogP contribution in [0, 0.1) is 6.92 Å². The number of carboxylic acids is 1. The van der Waals surface area contributed by atoms with Crippen LogP contribution in [-0.4, -0.2) is 35.5 Å². The molecule has 106 valence electrons. The molecule has 1 aromatic heterocycles. The van der Waals surface area contributed by atoms with Gasteiger partial charge in [0.1, 0.15) is 5.69 Å². The average Bonchev–Trinajstić information content (AvgIpc) is 2.87. The third-order valence-electron chi connectivity index (χ3n) is 2.92. The van der Waals surface area contributed by atoms with Crippen LogP contribution in [0.15, 0.2) is 12.1 Å². The number of aromatic carboxylic acids is 1. The standard InChI is InChI=1S/C13H13ClN2O4/c1-6-11(8-5-9(13(17)18)16-15-8)7(14)4-10(19-2)12(6)20-3/h4-5H,1-3H3,(H,15,16)(H,17,18). The first kappa shape index (κ1) is 14.2. The Balaban J connectivity index is 2.64. The van der Waals surface area contributed by atoms with Gasteiger partial charge in [0, 0.05) is 17.2 Å². The summed E-state index contributed by atoms with van der Waals surface area (Å²) in [5.41, 5.74) is 1.75. The van der Waals surface area contributed by atoms with Gasteiger partial charge in [-0.2, -0.15) is 5.10 Å². The molecule has 0 spiro atoms. The van der Waals surface area contributed by atoms with Crippen molar-refractivity contribution in [2.75, 3.05) is 14.2 Å². The zero-order chi connectivity index (χ0) is 14.9. The number of aromatic amines is 1. The van der Waals surface area contributed by atoms with Crippen molar-refractivity contribution < 1.29 is 19.4 Å². The fourth-order valence-electron chi connectivity index (χ4n) is 2.01. The first-order chi connectivity index (χ1) is 9.49. The topological polar surface area (TPSA) is 84.4 Å². The summed E-state index contributed by atoms with van der Waals surface area (Å²) in [5.74, 6) is -0.0440. The maximum absolute atomic E-state index is 10.9. The van der Waals surface area contributed by atoms with E-state index in [0.717, 1.165) is 5.56 Å². The van der Waals surface area contributed by atoms with Gasteiger partial charge < -0.3 is 14.6 Å². The van der Waals surface area contributed by atoms with E-state index in [9.17, 15) is 4.79 Å². The normalized spacial score (nSPS) is 10.4. The summed E-state index contributed by atoms with van der Waals surface area (Å²) < 4.78 is 10.5. The van der Waals surface area contributed by atoms with Gasteiger partial charge in [0.05, 0.1) is 24.9 Å². The molecule has 1 heterocycles. The maximum atomic E-state index is 10.9. The molecule has 0 unspecified atom stereocenters. The number of halogens is 1. The Kier molecular flexibility index (Phi) is 3.85. The van der Waals surface area contributed by atoms with Crippen LogP contribution >= 0.6 is 11.6 Å². The highest BCUT2D eigenvalue weighted by molar-refractivity contribution is 6.33. The van der Waals surface area contributed by atoms with E-state index in [4.69, 9.17) is 26.2 Å². The van der Waals surface area contributed by atoms with E-state index in [1.165, 1.54) is 20.3 Å². The lowest BCUT2D eigenvalue weighted by Gasteiger charge is -2.14.